The van der Waals surface area contributed by atoms with E-state index < -0.39 is 0 Å². The van der Waals surface area contributed by atoms with E-state index in [0.29, 0.717) is 24.1 Å². The standard InChI is InChI=1S/C13H14N2O2S/c1-9-3-2-4-10(12(9)16)13(17)15-6-5-11-14-7-8-18-11/h2-4,7-8,16H,5-6H2,1H3,(H,15,17). The second kappa shape index (κ2) is 5.64. The summed E-state index contributed by atoms with van der Waals surface area (Å²) in [6.07, 6.45) is 2.45. The van der Waals surface area contributed by atoms with Gasteiger partial charge in [-0.2, -0.15) is 0 Å². The fraction of sp³-hybridized carbons (Fsp3) is 0.231. The zero-order valence-electron chi connectivity index (χ0n) is 10.0. The van der Waals surface area contributed by atoms with Gasteiger partial charge in [0.15, 0.2) is 0 Å². The van der Waals surface area contributed by atoms with E-state index in [9.17, 15) is 9.90 Å². The van der Waals surface area contributed by atoms with Gasteiger partial charge in [0, 0.05) is 24.5 Å². The van der Waals surface area contributed by atoms with Crippen LogP contribution in [0.2, 0.25) is 0 Å². The number of para-hydroxylation sites is 1. The first-order chi connectivity index (χ1) is 8.68. The van der Waals surface area contributed by atoms with Gasteiger partial charge in [-0.25, -0.2) is 4.98 Å². The molecule has 1 heterocycles. The minimum atomic E-state index is -0.257. The van der Waals surface area contributed by atoms with E-state index in [2.05, 4.69) is 10.3 Å². The quantitative estimate of drug-likeness (QED) is 0.887. The predicted octanol–water partition coefficient (Wildman–Crippen LogP) is 2.13. The van der Waals surface area contributed by atoms with Gasteiger partial charge in [-0.05, 0) is 18.6 Å². The molecule has 2 rings (SSSR count). The number of nitrogens with one attached hydrogen (secondary N) is 1. The molecule has 2 N–H and O–H groups in total. The maximum atomic E-state index is 11.9. The molecule has 1 aromatic heterocycles. The zero-order chi connectivity index (χ0) is 13.0. The van der Waals surface area contributed by atoms with Crippen LogP contribution < -0.4 is 5.32 Å². The number of benzene rings is 1. The molecule has 1 aromatic carbocycles. The van der Waals surface area contributed by atoms with E-state index in [0.717, 1.165) is 5.01 Å². The smallest absolute Gasteiger partial charge is 0.255 e. The highest BCUT2D eigenvalue weighted by Crippen LogP contribution is 2.20. The Kier molecular flexibility index (Phi) is 3.94. The third-order valence-electron chi connectivity index (χ3n) is 2.59. The number of aromatic hydroxyl groups is 1. The molecule has 0 bridgehead atoms. The Labute approximate surface area is 109 Å². The maximum Gasteiger partial charge on any atom is 0.255 e. The summed E-state index contributed by atoms with van der Waals surface area (Å²) in [5.74, 6) is -0.211. The minimum absolute atomic E-state index is 0.0456. The van der Waals surface area contributed by atoms with Gasteiger partial charge in [0.1, 0.15) is 5.75 Å². The average molecular weight is 262 g/mol. The van der Waals surface area contributed by atoms with Crippen LogP contribution in [-0.2, 0) is 6.42 Å². The maximum absolute atomic E-state index is 11.9. The van der Waals surface area contributed by atoms with E-state index in [4.69, 9.17) is 0 Å². The number of aryl methyl sites for hydroxylation is 1. The van der Waals surface area contributed by atoms with Crippen LogP contribution in [-0.4, -0.2) is 22.5 Å². The number of phenols is 1. The highest BCUT2D eigenvalue weighted by molar-refractivity contribution is 7.09. The van der Waals surface area contributed by atoms with E-state index in [-0.39, 0.29) is 11.7 Å². The number of nitrogens with zero attached hydrogens (tertiary/aromatic N) is 1. The van der Waals surface area contributed by atoms with Crippen molar-refractivity contribution in [1.29, 1.82) is 0 Å². The highest BCUT2D eigenvalue weighted by Gasteiger charge is 2.11. The van der Waals surface area contributed by atoms with Crippen molar-refractivity contribution in [3.05, 3.63) is 45.9 Å². The number of hydrogen-bond acceptors (Lipinski definition) is 4. The average Bonchev–Trinajstić information content (AvgIpc) is 2.85. The molecule has 1 amide bonds. The lowest BCUT2D eigenvalue weighted by molar-refractivity contribution is 0.0951. The molecule has 94 valence electrons. The molecule has 4 nitrogen and oxygen atoms in total. The van der Waals surface area contributed by atoms with Crippen LogP contribution in [0.15, 0.2) is 29.8 Å². The van der Waals surface area contributed by atoms with Gasteiger partial charge in [0.2, 0.25) is 0 Å². The molecule has 5 heteroatoms. The van der Waals surface area contributed by atoms with Crippen molar-refractivity contribution in [3.8, 4) is 5.75 Å². The SMILES string of the molecule is Cc1cccc(C(=O)NCCc2nccs2)c1O. The molecule has 2 aromatic rings. The third kappa shape index (κ3) is 2.87. The molecule has 18 heavy (non-hydrogen) atoms. The lowest BCUT2D eigenvalue weighted by Gasteiger charge is -2.07. The van der Waals surface area contributed by atoms with Crippen LogP contribution in [0.3, 0.4) is 0 Å². The van der Waals surface area contributed by atoms with Crippen LogP contribution in [0.1, 0.15) is 20.9 Å². The Balaban J connectivity index is 1.93. The first-order valence-electron chi connectivity index (χ1n) is 5.63. The largest absolute Gasteiger partial charge is 0.507 e. The van der Waals surface area contributed by atoms with E-state index in [1.54, 1.807) is 42.7 Å². The van der Waals surface area contributed by atoms with Crippen molar-refractivity contribution in [2.24, 2.45) is 0 Å². The number of carbonyl (C=O) groups is 1. The molecule has 0 aliphatic heterocycles. The summed E-state index contributed by atoms with van der Waals surface area (Å²) in [4.78, 5) is 16.0. The lowest BCUT2D eigenvalue weighted by atomic mass is 10.1. The highest BCUT2D eigenvalue weighted by atomic mass is 32.1. The number of phenolic OH excluding ortho intramolecular Hbond substituents is 1. The first-order valence-corrected chi connectivity index (χ1v) is 6.51. The van der Waals surface area contributed by atoms with Crippen LogP contribution in [0, 0.1) is 6.92 Å². The summed E-state index contributed by atoms with van der Waals surface area (Å²) in [6.45, 7) is 2.28. The Morgan fingerprint density at radius 3 is 3.06 bits per heavy atom. The summed E-state index contributed by atoms with van der Waals surface area (Å²) in [5, 5.41) is 15.4. The molecule has 0 fully saturated rings. The third-order valence-corrected chi connectivity index (χ3v) is 3.43. The Hall–Kier alpha value is -1.88. The number of carbonyl (C=O) groups excluding carboxylic acids is 1. The number of aromatic nitrogens is 1. The van der Waals surface area contributed by atoms with Crippen LogP contribution in [0.5, 0.6) is 5.75 Å². The summed E-state index contributed by atoms with van der Waals surface area (Å²) in [6, 6.07) is 5.13. The van der Waals surface area contributed by atoms with E-state index >= 15 is 0 Å². The number of amides is 1. The molecule has 0 radical (unpaired) electrons. The molecule has 0 saturated heterocycles. The number of thiazole rings is 1. The predicted molar refractivity (Wildman–Crippen MR) is 71.0 cm³/mol. The normalized spacial score (nSPS) is 10.3. The molecule has 0 spiro atoms. The van der Waals surface area contributed by atoms with Gasteiger partial charge in [-0.3, -0.25) is 4.79 Å². The summed E-state index contributed by atoms with van der Waals surface area (Å²) in [5.41, 5.74) is 1.01. The van der Waals surface area contributed by atoms with Crippen molar-refractivity contribution in [1.82, 2.24) is 10.3 Å². The monoisotopic (exact) mass is 262 g/mol. The van der Waals surface area contributed by atoms with Gasteiger partial charge in [0.25, 0.3) is 5.91 Å². The molecule has 0 aliphatic carbocycles. The zero-order valence-corrected chi connectivity index (χ0v) is 10.8. The summed E-state index contributed by atoms with van der Waals surface area (Å²) >= 11 is 1.56. The van der Waals surface area contributed by atoms with Crippen LogP contribution >= 0.6 is 11.3 Å². The fourth-order valence-corrected chi connectivity index (χ4v) is 2.22. The van der Waals surface area contributed by atoms with Gasteiger partial charge in [-0.15, -0.1) is 11.3 Å². The fourth-order valence-electron chi connectivity index (χ4n) is 1.60. The van der Waals surface area contributed by atoms with Crippen molar-refractivity contribution >= 4 is 17.2 Å². The van der Waals surface area contributed by atoms with E-state index in [1.165, 1.54) is 0 Å². The Morgan fingerprint density at radius 1 is 1.50 bits per heavy atom. The van der Waals surface area contributed by atoms with Gasteiger partial charge in [0.05, 0.1) is 10.6 Å². The molecular weight excluding hydrogens is 248 g/mol. The van der Waals surface area contributed by atoms with Crippen molar-refractivity contribution < 1.29 is 9.90 Å². The molecule has 0 unspecified atom stereocenters. The molecule has 0 atom stereocenters. The van der Waals surface area contributed by atoms with Crippen molar-refractivity contribution in [2.45, 2.75) is 13.3 Å². The van der Waals surface area contributed by atoms with Gasteiger partial charge in [-0.1, -0.05) is 12.1 Å². The van der Waals surface area contributed by atoms with E-state index in [1.807, 2.05) is 5.38 Å². The van der Waals surface area contributed by atoms with Gasteiger partial charge < -0.3 is 10.4 Å². The second-order valence-electron chi connectivity index (χ2n) is 3.90. The minimum Gasteiger partial charge on any atom is -0.507 e. The van der Waals surface area contributed by atoms with Crippen LogP contribution in [0.4, 0.5) is 0 Å². The topological polar surface area (TPSA) is 62.2 Å². The molecular formula is C13H14N2O2S. The number of rotatable bonds is 4. The summed E-state index contributed by atoms with van der Waals surface area (Å²) < 4.78 is 0. The lowest BCUT2D eigenvalue weighted by Crippen LogP contribution is -2.25. The van der Waals surface area contributed by atoms with Crippen molar-refractivity contribution in [2.75, 3.05) is 6.54 Å². The summed E-state index contributed by atoms with van der Waals surface area (Å²) in [7, 11) is 0. The molecule has 0 saturated carbocycles. The Morgan fingerprint density at radius 2 is 2.33 bits per heavy atom. The van der Waals surface area contributed by atoms with Gasteiger partial charge >= 0.3 is 0 Å². The Bertz CT molecular complexity index is 538. The first kappa shape index (κ1) is 12.6. The number of hydrogen-bond donors (Lipinski definition) is 2. The second-order valence-corrected chi connectivity index (χ2v) is 4.88. The van der Waals surface area contributed by atoms with Crippen LogP contribution in [0.25, 0.3) is 0 Å². The van der Waals surface area contributed by atoms with Crippen molar-refractivity contribution in [3.63, 3.8) is 0 Å². The molecule has 0 aliphatic rings.